The van der Waals surface area contributed by atoms with E-state index in [0.717, 1.165) is 4.90 Å². The van der Waals surface area contributed by atoms with Gasteiger partial charge in [-0.1, -0.05) is 6.08 Å². The van der Waals surface area contributed by atoms with Crippen molar-refractivity contribution in [3.63, 3.8) is 0 Å². The van der Waals surface area contributed by atoms with Gasteiger partial charge in [0.05, 0.1) is 11.1 Å². The van der Waals surface area contributed by atoms with Crippen LogP contribution in [0, 0.1) is 0 Å². The Morgan fingerprint density at radius 2 is 1.62 bits per heavy atom. The average Bonchev–Trinajstić information content (AvgIpc) is 2.87. The maximum Gasteiger partial charge on any atom is 0.261 e. The van der Waals surface area contributed by atoms with Crippen LogP contribution in [0.4, 0.5) is 5.69 Å². The van der Waals surface area contributed by atoms with E-state index in [2.05, 4.69) is 11.9 Å². The van der Waals surface area contributed by atoms with Gasteiger partial charge in [0, 0.05) is 23.4 Å². The van der Waals surface area contributed by atoms with Gasteiger partial charge in [-0.3, -0.25) is 24.1 Å². The molecular weight excluding hydrogens is 332 g/mol. The van der Waals surface area contributed by atoms with Crippen LogP contribution in [-0.2, 0) is 0 Å². The number of fused-ring (bicyclic) bond motifs is 1. The van der Waals surface area contributed by atoms with Gasteiger partial charge in [0.2, 0.25) is 0 Å². The SMILES string of the molecule is C=CCN1C(=O)c2ccc(C(=O)Nc3ccc(C(C)=O)cc3)cc2C1=O. The van der Waals surface area contributed by atoms with Crippen LogP contribution >= 0.6 is 0 Å². The van der Waals surface area contributed by atoms with Crippen LogP contribution in [0.2, 0.25) is 0 Å². The van der Waals surface area contributed by atoms with Crippen molar-refractivity contribution >= 4 is 29.2 Å². The van der Waals surface area contributed by atoms with E-state index in [1.54, 1.807) is 24.3 Å². The molecule has 6 heteroatoms. The fourth-order valence-electron chi connectivity index (χ4n) is 2.72. The van der Waals surface area contributed by atoms with Crippen LogP contribution in [0.1, 0.15) is 48.4 Å². The van der Waals surface area contributed by atoms with Gasteiger partial charge in [0.25, 0.3) is 17.7 Å². The second-order valence-electron chi connectivity index (χ2n) is 5.86. The van der Waals surface area contributed by atoms with Gasteiger partial charge in [0.1, 0.15) is 0 Å². The molecule has 0 fully saturated rings. The molecule has 0 aliphatic carbocycles. The molecule has 2 aromatic carbocycles. The first-order chi connectivity index (χ1) is 12.4. The zero-order chi connectivity index (χ0) is 18.8. The van der Waals surface area contributed by atoms with Crippen molar-refractivity contribution in [1.29, 1.82) is 0 Å². The largest absolute Gasteiger partial charge is 0.322 e. The highest BCUT2D eigenvalue weighted by atomic mass is 16.2. The third-order valence-corrected chi connectivity index (χ3v) is 4.09. The lowest BCUT2D eigenvalue weighted by molar-refractivity contribution is 0.0671. The van der Waals surface area contributed by atoms with E-state index in [0.29, 0.717) is 11.3 Å². The van der Waals surface area contributed by atoms with Crippen LogP contribution in [0.25, 0.3) is 0 Å². The number of benzene rings is 2. The third-order valence-electron chi connectivity index (χ3n) is 4.09. The van der Waals surface area contributed by atoms with Crippen LogP contribution in [-0.4, -0.2) is 34.9 Å². The monoisotopic (exact) mass is 348 g/mol. The molecule has 6 nitrogen and oxygen atoms in total. The van der Waals surface area contributed by atoms with Gasteiger partial charge in [-0.05, 0) is 49.4 Å². The minimum Gasteiger partial charge on any atom is -0.322 e. The van der Waals surface area contributed by atoms with E-state index in [1.807, 2.05) is 0 Å². The second kappa shape index (κ2) is 6.76. The highest BCUT2D eigenvalue weighted by molar-refractivity contribution is 6.22. The van der Waals surface area contributed by atoms with E-state index < -0.39 is 17.7 Å². The van der Waals surface area contributed by atoms with Gasteiger partial charge in [-0.25, -0.2) is 0 Å². The van der Waals surface area contributed by atoms with Crippen LogP contribution in [0.3, 0.4) is 0 Å². The smallest absolute Gasteiger partial charge is 0.261 e. The lowest BCUT2D eigenvalue weighted by Crippen LogP contribution is -2.29. The maximum absolute atomic E-state index is 12.4. The van der Waals surface area contributed by atoms with Gasteiger partial charge in [0.15, 0.2) is 5.78 Å². The van der Waals surface area contributed by atoms with Crippen LogP contribution in [0.15, 0.2) is 55.1 Å². The number of imide groups is 1. The first-order valence-electron chi connectivity index (χ1n) is 7.96. The summed E-state index contributed by atoms with van der Waals surface area (Å²) >= 11 is 0. The molecular formula is C20H16N2O4. The topological polar surface area (TPSA) is 83.6 Å². The molecule has 130 valence electrons. The van der Waals surface area contributed by atoms with Crippen LogP contribution < -0.4 is 5.32 Å². The quantitative estimate of drug-likeness (QED) is 0.511. The number of hydrogen-bond acceptors (Lipinski definition) is 4. The molecule has 3 rings (SSSR count). The molecule has 1 heterocycles. The Morgan fingerprint density at radius 3 is 2.23 bits per heavy atom. The number of hydrogen-bond donors (Lipinski definition) is 1. The molecule has 1 aliphatic heterocycles. The van der Waals surface area contributed by atoms with Crippen LogP contribution in [0.5, 0.6) is 0 Å². The molecule has 1 aliphatic rings. The number of Topliss-reactive ketones (excluding diaryl/α,β-unsaturated/α-hetero) is 1. The number of anilines is 1. The summed E-state index contributed by atoms with van der Waals surface area (Å²) in [5, 5.41) is 2.70. The summed E-state index contributed by atoms with van der Waals surface area (Å²) in [7, 11) is 0. The number of carbonyl (C=O) groups is 4. The first-order valence-corrected chi connectivity index (χ1v) is 7.96. The molecule has 0 bridgehead atoms. The summed E-state index contributed by atoms with van der Waals surface area (Å²) in [6, 6.07) is 10.9. The summed E-state index contributed by atoms with van der Waals surface area (Å²) in [4.78, 5) is 49.3. The molecule has 0 atom stereocenters. The maximum atomic E-state index is 12.4. The summed E-state index contributed by atoms with van der Waals surface area (Å²) < 4.78 is 0. The van der Waals surface area contributed by atoms with Crippen molar-refractivity contribution in [3.8, 4) is 0 Å². The number of ketones is 1. The first kappa shape index (κ1) is 17.3. The lowest BCUT2D eigenvalue weighted by atomic mass is 10.1. The van der Waals surface area contributed by atoms with Gasteiger partial charge < -0.3 is 5.32 Å². The van der Waals surface area contributed by atoms with E-state index in [-0.39, 0.29) is 29.0 Å². The predicted molar refractivity (Wildman–Crippen MR) is 96.4 cm³/mol. The van der Waals surface area contributed by atoms with Crippen molar-refractivity contribution in [2.45, 2.75) is 6.92 Å². The zero-order valence-corrected chi connectivity index (χ0v) is 14.1. The fourth-order valence-corrected chi connectivity index (χ4v) is 2.72. The highest BCUT2D eigenvalue weighted by Gasteiger charge is 2.35. The lowest BCUT2D eigenvalue weighted by Gasteiger charge is -2.09. The van der Waals surface area contributed by atoms with E-state index in [1.165, 1.54) is 31.2 Å². The molecule has 1 N–H and O–H groups in total. The summed E-state index contributed by atoms with van der Waals surface area (Å²) in [5.41, 5.74) is 1.82. The third kappa shape index (κ3) is 3.04. The zero-order valence-electron chi connectivity index (χ0n) is 14.1. The van der Waals surface area contributed by atoms with E-state index in [4.69, 9.17) is 0 Å². The molecule has 2 aromatic rings. The Labute approximate surface area is 150 Å². The Bertz CT molecular complexity index is 945. The van der Waals surface area contributed by atoms with Gasteiger partial charge >= 0.3 is 0 Å². The molecule has 3 amide bonds. The highest BCUT2D eigenvalue weighted by Crippen LogP contribution is 2.24. The van der Waals surface area contributed by atoms with Crippen molar-refractivity contribution in [2.75, 3.05) is 11.9 Å². The molecule has 0 spiro atoms. The molecule has 26 heavy (non-hydrogen) atoms. The predicted octanol–water partition coefficient (Wildman–Crippen LogP) is 2.92. The minimum absolute atomic E-state index is 0.0613. The number of nitrogens with zero attached hydrogens (tertiary/aromatic N) is 1. The molecule has 0 radical (unpaired) electrons. The fraction of sp³-hybridized carbons (Fsp3) is 0.100. The van der Waals surface area contributed by atoms with Gasteiger partial charge in [-0.2, -0.15) is 0 Å². The molecule has 0 unspecified atom stereocenters. The summed E-state index contributed by atoms with van der Waals surface area (Å²) in [5.74, 6) is -1.30. The Morgan fingerprint density at radius 1 is 1.00 bits per heavy atom. The van der Waals surface area contributed by atoms with Crippen molar-refractivity contribution < 1.29 is 19.2 Å². The normalized spacial score (nSPS) is 12.7. The number of nitrogens with one attached hydrogen (secondary N) is 1. The van der Waals surface area contributed by atoms with Gasteiger partial charge in [-0.15, -0.1) is 6.58 Å². The average molecular weight is 348 g/mol. The van der Waals surface area contributed by atoms with Crippen molar-refractivity contribution in [2.24, 2.45) is 0 Å². The molecule has 0 saturated carbocycles. The standard InChI is InChI=1S/C20H16N2O4/c1-3-10-22-19(25)16-9-6-14(11-17(16)20(22)26)18(24)21-15-7-4-13(5-8-15)12(2)23/h3-9,11H,1,10H2,2H3,(H,21,24). The van der Waals surface area contributed by atoms with Crippen molar-refractivity contribution in [3.05, 3.63) is 77.4 Å². The Hall–Kier alpha value is -3.54. The Balaban J connectivity index is 1.82. The van der Waals surface area contributed by atoms with E-state index in [9.17, 15) is 19.2 Å². The minimum atomic E-state index is -0.439. The van der Waals surface area contributed by atoms with E-state index >= 15 is 0 Å². The number of carbonyl (C=O) groups excluding carboxylic acids is 4. The molecule has 0 aromatic heterocycles. The Kier molecular flexibility index (Phi) is 4.49. The molecule has 0 saturated heterocycles. The summed E-state index contributed by atoms with van der Waals surface area (Å²) in [6.45, 7) is 5.12. The summed E-state index contributed by atoms with van der Waals surface area (Å²) in [6.07, 6.45) is 1.47. The number of amides is 3. The van der Waals surface area contributed by atoms with Crippen molar-refractivity contribution in [1.82, 2.24) is 4.90 Å². The second-order valence-corrected chi connectivity index (χ2v) is 5.86. The number of rotatable bonds is 5.